The molecule has 9 nitrogen and oxygen atoms in total. The van der Waals surface area contributed by atoms with Gasteiger partial charge >= 0.3 is 0 Å². The number of aromatic nitrogens is 2. The first-order valence-electron chi connectivity index (χ1n) is 10.3. The van der Waals surface area contributed by atoms with Crippen LogP contribution in [-0.2, 0) is 4.74 Å². The zero-order chi connectivity index (χ0) is 23.5. The van der Waals surface area contributed by atoms with Crippen LogP contribution in [0.25, 0.3) is 5.69 Å². The van der Waals surface area contributed by atoms with Crippen LogP contribution < -0.4 is 11.1 Å². The number of rotatable bonds is 5. The topological polar surface area (TPSA) is 126 Å². The van der Waals surface area contributed by atoms with E-state index >= 15 is 0 Å². The van der Waals surface area contributed by atoms with Gasteiger partial charge in [0, 0.05) is 24.3 Å². The highest BCUT2D eigenvalue weighted by atomic mass is 35.5. The monoisotopic (exact) mass is 466 g/mol. The van der Waals surface area contributed by atoms with Crippen LogP contribution in [0.3, 0.4) is 0 Å². The second-order valence-electron chi connectivity index (χ2n) is 7.60. The quantitative estimate of drug-likeness (QED) is 0.393. The highest BCUT2D eigenvalue weighted by molar-refractivity contribution is 6.34. The third kappa shape index (κ3) is 4.89. The van der Waals surface area contributed by atoms with E-state index < -0.39 is 5.91 Å². The van der Waals surface area contributed by atoms with E-state index in [1.807, 2.05) is 0 Å². The molecule has 1 saturated heterocycles. The Morgan fingerprint density at radius 3 is 2.61 bits per heavy atom. The number of morpholine rings is 1. The maximum atomic E-state index is 13.0. The lowest BCUT2D eigenvalue weighted by Crippen LogP contribution is -2.40. The van der Waals surface area contributed by atoms with E-state index in [-0.39, 0.29) is 16.8 Å². The Hall–Kier alpha value is -3.69. The Balaban J connectivity index is 1.56. The van der Waals surface area contributed by atoms with Gasteiger partial charge in [0.1, 0.15) is 11.5 Å². The number of carbonyl (C=O) groups excluding carboxylic acids is 2. The van der Waals surface area contributed by atoms with Crippen molar-refractivity contribution in [1.29, 1.82) is 5.41 Å². The molecule has 1 aliphatic heterocycles. The number of nitrogens with zero attached hydrogens (tertiary/aromatic N) is 3. The predicted octanol–water partition coefficient (Wildman–Crippen LogP) is 2.84. The van der Waals surface area contributed by atoms with Crippen molar-refractivity contribution in [1.82, 2.24) is 14.7 Å². The normalized spacial score (nSPS) is 13.6. The summed E-state index contributed by atoms with van der Waals surface area (Å²) in [6.45, 7) is 3.81. The number of halogens is 1. The average molecular weight is 467 g/mol. The van der Waals surface area contributed by atoms with E-state index in [2.05, 4.69) is 10.4 Å². The number of aryl methyl sites for hydroxylation is 1. The Morgan fingerprint density at radius 1 is 1.15 bits per heavy atom. The van der Waals surface area contributed by atoms with Crippen LogP contribution in [0.4, 0.5) is 5.69 Å². The van der Waals surface area contributed by atoms with Crippen molar-refractivity contribution in [2.45, 2.75) is 6.92 Å². The number of nitrogen functional groups attached to an aromatic ring is 1. The number of carbonyl (C=O) groups is 2. The molecule has 170 valence electrons. The second kappa shape index (κ2) is 9.43. The van der Waals surface area contributed by atoms with Crippen LogP contribution in [0, 0.1) is 12.3 Å². The molecule has 2 amide bonds. The smallest absolute Gasteiger partial charge is 0.274 e. The van der Waals surface area contributed by atoms with Crippen LogP contribution >= 0.6 is 11.6 Å². The van der Waals surface area contributed by atoms with Gasteiger partial charge in [0.05, 0.1) is 35.2 Å². The van der Waals surface area contributed by atoms with Gasteiger partial charge in [0.2, 0.25) is 0 Å². The number of amidine groups is 1. The fraction of sp³-hybridized carbons (Fsp3) is 0.217. The first kappa shape index (κ1) is 22.5. The Kier molecular flexibility index (Phi) is 6.43. The number of amides is 2. The van der Waals surface area contributed by atoms with Crippen molar-refractivity contribution >= 4 is 34.9 Å². The number of ether oxygens (including phenoxy) is 1. The molecule has 10 heteroatoms. The summed E-state index contributed by atoms with van der Waals surface area (Å²) in [5.74, 6) is -0.638. The number of nitrogens with two attached hydrogens (primary N) is 1. The molecule has 4 N–H and O–H groups in total. The summed E-state index contributed by atoms with van der Waals surface area (Å²) in [4.78, 5) is 27.5. The van der Waals surface area contributed by atoms with E-state index in [1.165, 1.54) is 4.68 Å². The zero-order valence-corrected chi connectivity index (χ0v) is 18.7. The van der Waals surface area contributed by atoms with Gasteiger partial charge in [0.15, 0.2) is 0 Å². The summed E-state index contributed by atoms with van der Waals surface area (Å²) in [5.41, 5.74) is 8.50. The summed E-state index contributed by atoms with van der Waals surface area (Å²) in [5, 5.41) is 15.1. The highest BCUT2D eigenvalue weighted by Crippen LogP contribution is 2.24. The summed E-state index contributed by atoms with van der Waals surface area (Å²) < 4.78 is 6.78. The second-order valence-corrected chi connectivity index (χ2v) is 8.01. The van der Waals surface area contributed by atoms with Crippen molar-refractivity contribution in [2.24, 2.45) is 5.73 Å². The van der Waals surface area contributed by atoms with Crippen LogP contribution in [0.5, 0.6) is 0 Å². The highest BCUT2D eigenvalue weighted by Gasteiger charge is 2.22. The molecule has 1 aromatic heterocycles. The van der Waals surface area contributed by atoms with Crippen LogP contribution in [0.15, 0.2) is 48.5 Å². The van der Waals surface area contributed by atoms with E-state index in [1.54, 1.807) is 60.4 Å². The van der Waals surface area contributed by atoms with Gasteiger partial charge in [-0.05, 0) is 43.3 Å². The third-order valence-corrected chi connectivity index (χ3v) is 5.53. The van der Waals surface area contributed by atoms with Crippen molar-refractivity contribution < 1.29 is 14.3 Å². The van der Waals surface area contributed by atoms with E-state index in [9.17, 15) is 9.59 Å². The first-order valence-corrected chi connectivity index (χ1v) is 10.7. The minimum atomic E-state index is -0.396. The van der Waals surface area contributed by atoms with Gasteiger partial charge in [-0.15, -0.1) is 0 Å². The van der Waals surface area contributed by atoms with E-state index in [0.29, 0.717) is 60.2 Å². The maximum Gasteiger partial charge on any atom is 0.274 e. The molecule has 0 bridgehead atoms. The Morgan fingerprint density at radius 2 is 1.91 bits per heavy atom. The molecule has 0 radical (unpaired) electrons. The fourth-order valence-electron chi connectivity index (χ4n) is 3.56. The van der Waals surface area contributed by atoms with Gasteiger partial charge < -0.3 is 20.7 Å². The summed E-state index contributed by atoms with van der Waals surface area (Å²) in [7, 11) is 0. The SMILES string of the molecule is Cc1cc(C(=O)Nc2ccc(C(=O)N3CCOCC3)c(Cl)c2)n(-c2cccc(C(=N)N)c2)n1. The molecule has 0 spiro atoms. The largest absolute Gasteiger partial charge is 0.384 e. The fourth-order valence-corrected chi connectivity index (χ4v) is 3.82. The lowest BCUT2D eigenvalue weighted by atomic mass is 10.1. The molecule has 2 aromatic carbocycles. The van der Waals surface area contributed by atoms with Crippen LogP contribution in [0.2, 0.25) is 5.02 Å². The molecular weight excluding hydrogens is 444 g/mol. The molecule has 0 unspecified atom stereocenters. The van der Waals surface area contributed by atoms with E-state index in [4.69, 9.17) is 27.5 Å². The molecule has 2 heterocycles. The maximum absolute atomic E-state index is 13.0. The van der Waals surface area contributed by atoms with Crippen LogP contribution in [-0.4, -0.2) is 58.6 Å². The Bertz CT molecular complexity index is 1230. The summed E-state index contributed by atoms with van der Waals surface area (Å²) in [6.07, 6.45) is 0. The van der Waals surface area contributed by atoms with Crippen molar-refractivity contribution in [3.8, 4) is 5.69 Å². The van der Waals surface area contributed by atoms with Gasteiger partial charge in [-0.1, -0.05) is 23.7 Å². The van der Waals surface area contributed by atoms with Crippen LogP contribution in [0.1, 0.15) is 32.1 Å². The molecule has 0 saturated carbocycles. The van der Waals surface area contributed by atoms with Gasteiger partial charge in [-0.25, -0.2) is 4.68 Å². The van der Waals surface area contributed by atoms with Crippen molar-refractivity contribution in [2.75, 3.05) is 31.6 Å². The molecule has 0 aliphatic carbocycles. The number of hydrogen-bond donors (Lipinski definition) is 3. The van der Waals surface area contributed by atoms with Gasteiger partial charge in [-0.3, -0.25) is 15.0 Å². The molecule has 3 aromatic rings. The summed E-state index contributed by atoms with van der Waals surface area (Å²) >= 11 is 6.37. The number of anilines is 1. The minimum Gasteiger partial charge on any atom is -0.384 e. The standard InChI is InChI=1S/C23H23ClN6O3/c1-14-11-20(30(28-14)17-4-2-3-15(12-17)21(25)26)22(31)27-16-5-6-18(19(24)13-16)23(32)29-7-9-33-10-8-29/h2-6,11-13H,7-10H2,1H3,(H3,25,26)(H,27,31). The molecular formula is C23H23ClN6O3. The first-order chi connectivity index (χ1) is 15.8. The Labute approximate surface area is 195 Å². The molecule has 1 fully saturated rings. The minimum absolute atomic E-state index is 0.0758. The molecule has 1 aliphatic rings. The van der Waals surface area contributed by atoms with E-state index in [0.717, 1.165) is 0 Å². The molecule has 33 heavy (non-hydrogen) atoms. The van der Waals surface area contributed by atoms with Gasteiger partial charge in [-0.2, -0.15) is 5.10 Å². The third-order valence-electron chi connectivity index (χ3n) is 5.22. The molecule has 0 atom stereocenters. The van der Waals surface area contributed by atoms with Gasteiger partial charge in [0.25, 0.3) is 11.8 Å². The zero-order valence-electron chi connectivity index (χ0n) is 18.0. The number of benzene rings is 2. The average Bonchev–Trinajstić information content (AvgIpc) is 3.21. The predicted molar refractivity (Wildman–Crippen MR) is 125 cm³/mol. The number of hydrogen-bond acceptors (Lipinski definition) is 5. The molecule has 4 rings (SSSR count). The lowest BCUT2D eigenvalue weighted by molar-refractivity contribution is 0.0303. The number of nitrogens with one attached hydrogen (secondary N) is 2. The van der Waals surface area contributed by atoms with Crippen molar-refractivity contribution in [3.05, 3.63) is 76.1 Å². The summed E-state index contributed by atoms with van der Waals surface area (Å²) in [6, 6.07) is 13.4. The lowest BCUT2D eigenvalue weighted by Gasteiger charge is -2.27. The van der Waals surface area contributed by atoms with Crippen molar-refractivity contribution in [3.63, 3.8) is 0 Å².